The van der Waals surface area contributed by atoms with Gasteiger partial charge >= 0.3 is 0 Å². The van der Waals surface area contributed by atoms with E-state index in [0.29, 0.717) is 6.04 Å². The van der Waals surface area contributed by atoms with Crippen LogP contribution in [-0.2, 0) is 4.79 Å². The van der Waals surface area contributed by atoms with E-state index in [0.717, 1.165) is 25.6 Å². The molecule has 0 spiro atoms. The number of hydrogen-bond acceptors (Lipinski definition) is 4. The van der Waals surface area contributed by atoms with Gasteiger partial charge in [0.1, 0.15) is 6.17 Å². The summed E-state index contributed by atoms with van der Waals surface area (Å²) in [6.45, 7) is 4.20. The molecule has 1 aromatic rings. The van der Waals surface area contributed by atoms with Crippen molar-refractivity contribution in [2.24, 2.45) is 0 Å². The van der Waals surface area contributed by atoms with Crippen molar-refractivity contribution in [1.82, 2.24) is 15.1 Å². The van der Waals surface area contributed by atoms with Crippen molar-refractivity contribution >= 4 is 17.2 Å². The van der Waals surface area contributed by atoms with E-state index in [1.165, 1.54) is 18.4 Å². The van der Waals surface area contributed by atoms with E-state index in [2.05, 4.69) is 31.9 Å². The van der Waals surface area contributed by atoms with Crippen LogP contribution in [-0.4, -0.2) is 46.9 Å². The summed E-state index contributed by atoms with van der Waals surface area (Å²) in [5.41, 5.74) is 1.23. The number of carbonyl (C=O) groups excluding carboxylic acids is 1. The molecule has 0 radical (unpaired) electrons. The van der Waals surface area contributed by atoms with E-state index in [1.807, 2.05) is 6.92 Å². The Balaban J connectivity index is 1.55. The third-order valence-electron chi connectivity index (χ3n) is 4.82. The monoisotopic (exact) mass is 291 g/mol. The second-order valence-electron chi connectivity index (χ2n) is 6.26. The molecule has 1 N–H and O–H groups in total. The SMILES string of the molecule is CC1NC(c2ccsc2)N(C2CCN(C3CC3)C2)C1=O. The number of thiophene rings is 1. The maximum Gasteiger partial charge on any atom is 0.241 e. The Morgan fingerprint density at radius 2 is 2.15 bits per heavy atom. The molecule has 1 saturated carbocycles. The van der Waals surface area contributed by atoms with Crippen LogP contribution in [0.1, 0.15) is 37.9 Å². The lowest BCUT2D eigenvalue weighted by atomic mass is 10.1. The molecular formula is C15H21N3OS. The molecule has 3 heterocycles. The maximum atomic E-state index is 12.5. The quantitative estimate of drug-likeness (QED) is 0.922. The van der Waals surface area contributed by atoms with Crippen molar-refractivity contribution in [1.29, 1.82) is 0 Å². The van der Waals surface area contributed by atoms with Gasteiger partial charge in [-0.15, -0.1) is 0 Å². The highest BCUT2D eigenvalue weighted by Gasteiger charge is 2.45. The molecule has 3 fully saturated rings. The van der Waals surface area contributed by atoms with Gasteiger partial charge in [0.15, 0.2) is 0 Å². The molecule has 1 aliphatic carbocycles. The van der Waals surface area contributed by atoms with Crippen LogP contribution in [0.25, 0.3) is 0 Å². The number of carbonyl (C=O) groups is 1. The zero-order chi connectivity index (χ0) is 13.7. The van der Waals surface area contributed by atoms with E-state index >= 15 is 0 Å². The van der Waals surface area contributed by atoms with Gasteiger partial charge in [0.05, 0.1) is 6.04 Å². The molecule has 4 nitrogen and oxygen atoms in total. The summed E-state index contributed by atoms with van der Waals surface area (Å²) in [5, 5.41) is 7.70. The van der Waals surface area contributed by atoms with E-state index in [9.17, 15) is 4.79 Å². The topological polar surface area (TPSA) is 35.6 Å². The van der Waals surface area contributed by atoms with Crippen LogP contribution >= 0.6 is 11.3 Å². The summed E-state index contributed by atoms with van der Waals surface area (Å²) >= 11 is 1.70. The molecule has 108 valence electrons. The van der Waals surface area contributed by atoms with Gasteiger partial charge in [-0.2, -0.15) is 11.3 Å². The summed E-state index contributed by atoms with van der Waals surface area (Å²) in [6.07, 6.45) is 3.90. The fraction of sp³-hybridized carbons (Fsp3) is 0.667. The molecule has 4 rings (SSSR count). The minimum atomic E-state index is -0.0603. The number of nitrogens with zero attached hydrogens (tertiary/aromatic N) is 2. The van der Waals surface area contributed by atoms with Gasteiger partial charge in [0, 0.05) is 25.2 Å². The smallest absolute Gasteiger partial charge is 0.241 e. The average Bonchev–Trinajstić information content (AvgIpc) is 2.89. The maximum absolute atomic E-state index is 12.5. The molecule has 3 unspecified atom stereocenters. The first-order valence-corrected chi connectivity index (χ1v) is 8.52. The van der Waals surface area contributed by atoms with Crippen molar-refractivity contribution in [2.75, 3.05) is 13.1 Å². The second kappa shape index (κ2) is 4.83. The first-order valence-electron chi connectivity index (χ1n) is 7.58. The van der Waals surface area contributed by atoms with Crippen LogP contribution in [0.5, 0.6) is 0 Å². The summed E-state index contributed by atoms with van der Waals surface area (Å²) in [5.74, 6) is 0.267. The Morgan fingerprint density at radius 3 is 2.85 bits per heavy atom. The largest absolute Gasteiger partial charge is 0.317 e. The first-order chi connectivity index (χ1) is 9.74. The number of nitrogens with one attached hydrogen (secondary N) is 1. The Bertz CT molecular complexity index is 499. The minimum Gasteiger partial charge on any atom is -0.317 e. The predicted octanol–water partition coefficient (Wildman–Crippen LogP) is 1.80. The van der Waals surface area contributed by atoms with Crippen molar-refractivity contribution in [3.05, 3.63) is 22.4 Å². The molecule has 3 atom stereocenters. The number of likely N-dealkylation sites (tertiary alicyclic amines) is 1. The lowest BCUT2D eigenvalue weighted by Crippen LogP contribution is -2.41. The second-order valence-corrected chi connectivity index (χ2v) is 7.04. The summed E-state index contributed by atoms with van der Waals surface area (Å²) in [7, 11) is 0. The Hall–Kier alpha value is -0.910. The van der Waals surface area contributed by atoms with E-state index in [-0.39, 0.29) is 18.1 Å². The van der Waals surface area contributed by atoms with Gasteiger partial charge in [-0.3, -0.25) is 15.0 Å². The molecular weight excluding hydrogens is 270 g/mol. The van der Waals surface area contributed by atoms with E-state index in [4.69, 9.17) is 0 Å². The van der Waals surface area contributed by atoms with Crippen LogP contribution in [0, 0.1) is 0 Å². The number of hydrogen-bond donors (Lipinski definition) is 1. The standard InChI is InChI=1S/C15H21N3OS/c1-10-15(19)18(14(16-10)11-5-7-20-9-11)13-4-6-17(8-13)12-2-3-12/h5,7,9-10,12-14,16H,2-4,6,8H2,1H3. The van der Waals surface area contributed by atoms with Crippen LogP contribution in [0.3, 0.4) is 0 Å². The zero-order valence-corrected chi connectivity index (χ0v) is 12.6. The van der Waals surface area contributed by atoms with Gasteiger partial charge < -0.3 is 4.90 Å². The summed E-state index contributed by atoms with van der Waals surface area (Å²) in [6, 6.07) is 3.26. The van der Waals surface area contributed by atoms with Crippen molar-refractivity contribution in [2.45, 2.75) is 50.5 Å². The van der Waals surface area contributed by atoms with Crippen LogP contribution in [0.15, 0.2) is 16.8 Å². The number of rotatable bonds is 3. The fourth-order valence-electron chi connectivity index (χ4n) is 3.58. The fourth-order valence-corrected chi connectivity index (χ4v) is 4.26. The third kappa shape index (κ3) is 2.08. The zero-order valence-electron chi connectivity index (χ0n) is 11.8. The summed E-state index contributed by atoms with van der Waals surface area (Å²) < 4.78 is 0. The lowest BCUT2D eigenvalue weighted by Gasteiger charge is -2.30. The highest BCUT2D eigenvalue weighted by Crippen LogP contribution is 2.35. The van der Waals surface area contributed by atoms with E-state index < -0.39 is 0 Å². The van der Waals surface area contributed by atoms with Crippen LogP contribution in [0.4, 0.5) is 0 Å². The predicted molar refractivity (Wildman–Crippen MR) is 79.5 cm³/mol. The van der Waals surface area contributed by atoms with Crippen LogP contribution < -0.4 is 5.32 Å². The van der Waals surface area contributed by atoms with Gasteiger partial charge in [0.25, 0.3) is 0 Å². The molecule has 2 aliphatic heterocycles. The highest BCUT2D eigenvalue weighted by atomic mass is 32.1. The Labute approximate surface area is 123 Å². The Kier molecular flexibility index (Phi) is 3.09. The van der Waals surface area contributed by atoms with Crippen molar-refractivity contribution in [3.63, 3.8) is 0 Å². The van der Waals surface area contributed by atoms with Gasteiger partial charge in [-0.25, -0.2) is 0 Å². The number of amides is 1. The van der Waals surface area contributed by atoms with Crippen molar-refractivity contribution in [3.8, 4) is 0 Å². The molecule has 0 aromatic carbocycles. The molecule has 1 aromatic heterocycles. The molecule has 0 bridgehead atoms. The van der Waals surface area contributed by atoms with Gasteiger partial charge in [-0.05, 0) is 48.6 Å². The van der Waals surface area contributed by atoms with Crippen LogP contribution in [0.2, 0.25) is 0 Å². The first kappa shape index (κ1) is 12.8. The minimum absolute atomic E-state index is 0.0603. The highest BCUT2D eigenvalue weighted by molar-refractivity contribution is 7.07. The molecule has 3 aliphatic rings. The summed E-state index contributed by atoms with van der Waals surface area (Å²) in [4.78, 5) is 17.2. The average molecular weight is 291 g/mol. The van der Waals surface area contributed by atoms with E-state index in [1.54, 1.807) is 11.3 Å². The molecule has 20 heavy (non-hydrogen) atoms. The van der Waals surface area contributed by atoms with Gasteiger partial charge in [0.2, 0.25) is 5.91 Å². The third-order valence-corrected chi connectivity index (χ3v) is 5.52. The van der Waals surface area contributed by atoms with Gasteiger partial charge in [-0.1, -0.05) is 0 Å². The molecule has 2 saturated heterocycles. The molecule has 5 heteroatoms. The molecule has 1 amide bonds. The lowest BCUT2D eigenvalue weighted by molar-refractivity contribution is -0.131. The normalized spacial score (nSPS) is 35.1. The Morgan fingerprint density at radius 1 is 1.30 bits per heavy atom. The van der Waals surface area contributed by atoms with Crippen molar-refractivity contribution < 1.29 is 4.79 Å².